The van der Waals surface area contributed by atoms with Crippen LogP contribution in [0.25, 0.3) is 0 Å². The van der Waals surface area contributed by atoms with Crippen LogP contribution in [-0.4, -0.2) is 0 Å². The van der Waals surface area contributed by atoms with Gasteiger partial charge in [-0.1, -0.05) is 23.7 Å². The van der Waals surface area contributed by atoms with E-state index < -0.39 is 0 Å². The van der Waals surface area contributed by atoms with Crippen molar-refractivity contribution in [2.45, 2.75) is 25.9 Å². The Morgan fingerprint density at radius 3 is 2.61 bits per heavy atom. The van der Waals surface area contributed by atoms with Crippen LogP contribution >= 0.6 is 22.9 Å². The molecular weight excluding hydrogens is 269 g/mol. The molecule has 96 valence electrons. The SMILES string of the molecule is CC(NC(C)c1cccs1)c1ccc(F)c(Cl)c1. The molecule has 1 aromatic carbocycles. The highest BCUT2D eigenvalue weighted by Gasteiger charge is 2.13. The van der Waals surface area contributed by atoms with Gasteiger partial charge in [0, 0.05) is 17.0 Å². The molecule has 18 heavy (non-hydrogen) atoms. The Balaban J connectivity index is 2.07. The maximum Gasteiger partial charge on any atom is 0.141 e. The Morgan fingerprint density at radius 1 is 1.22 bits per heavy atom. The average molecular weight is 284 g/mol. The molecule has 1 heterocycles. The van der Waals surface area contributed by atoms with E-state index in [2.05, 4.69) is 23.7 Å². The van der Waals surface area contributed by atoms with Gasteiger partial charge in [0.25, 0.3) is 0 Å². The van der Waals surface area contributed by atoms with E-state index in [-0.39, 0.29) is 22.9 Å². The number of halogens is 2. The predicted octanol–water partition coefficient (Wildman–Crippen LogP) is 4.95. The maximum atomic E-state index is 13.1. The highest BCUT2D eigenvalue weighted by Crippen LogP contribution is 2.25. The van der Waals surface area contributed by atoms with Crippen molar-refractivity contribution in [1.29, 1.82) is 0 Å². The van der Waals surface area contributed by atoms with Gasteiger partial charge in [-0.05, 0) is 43.0 Å². The lowest BCUT2D eigenvalue weighted by Crippen LogP contribution is -2.21. The molecule has 2 unspecified atom stereocenters. The number of nitrogens with one attached hydrogen (secondary N) is 1. The zero-order valence-corrected chi connectivity index (χ0v) is 11.9. The van der Waals surface area contributed by atoms with Gasteiger partial charge in [0.2, 0.25) is 0 Å². The first-order valence-electron chi connectivity index (χ1n) is 5.82. The zero-order valence-electron chi connectivity index (χ0n) is 10.3. The van der Waals surface area contributed by atoms with Crippen molar-refractivity contribution in [2.75, 3.05) is 0 Å². The van der Waals surface area contributed by atoms with E-state index in [0.29, 0.717) is 0 Å². The summed E-state index contributed by atoms with van der Waals surface area (Å²) in [6.07, 6.45) is 0. The zero-order chi connectivity index (χ0) is 13.1. The molecule has 0 saturated carbocycles. The summed E-state index contributed by atoms with van der Waals surface area (Å²) < 4.78 is 13.1. The Morgan fingerprint density at radius 2 is 2.00 bits per heavy atom. The van der Waals surface area contributed by atoms with Crippen molar-refractivity contribution < 1.29 is 4.39 Å². The molecule has 0 bridgehead atoms. The smallest absolute Gasteiger partial charge is 0.141 e. The lowest BCUT2D eigenvalue weighted by atomic mass is 10.1. The van der Waals surface area contributed by atoms with Crippen molar-refractivity contribution in [3.05, 3.63) is 57.0 Å². The van der Waals surface area contributed by atoms with E-state index >= 15 is 0 Å². The third-order valence-electron chi connectivity index (χ3n) is 2.91. The van der Waals surface area contributed by atoms with Gasteiger partial charge >= 0.3 is 0 Å². The molecule has 4 heteroatoms. The highest BCUT2D eigenvalue weighted by molar-refractivity contribution is 7.10. The first-order valence-corrected chi connectivity index (χ1v) is 7.08. The van der Waals surface area contributed by atoms with Gasteiger partial charge in [0.15, 0.2) is 0 Å². The molecule has 0 aliphatic heterocycles. The molecule has 0 fully saturated rings. The fourth-order valence-electron chi connectivity index (χ4n) is 1.87. The molecule has 0 saturated heterocycles. The molecule has 2 aromatic rings. The summed E-state index contributed by atoms with van der Waals surface area (Å²) in [6.45, 7) is 4.17. The van der Waals surface area contributed by atoms with E-state index in [1.165, 1.54) is 10.9 Å². The van der Waals surface area contributed by atoms with E-state index in [4.69, 9.17) is 11.6 Å². The van der Waals surface area contributed by atoms with Crippen LogP contribution in [0.1, 0.15) is 36.4 Å². The monoisotopic (exact) mass is 283 g/mol. The van der Waals surface area contributed by atoms with E-state index in [1.54, 1.807) is 23.5 Å². The van der Waals surface area contributed by atoms with E-state index in [1.807, 2.05) is 13.0 Å². The van der Waals surface area contributed by atoms with Gasteiger partial charge in [-0.15, -0.1) is 11.3 Å². The van der Waals surface area contributed by atoms with Crippen LogP contribution in [0.5, 0.6) is 0 Å². The van der Waals surface area contributed by atoms with Crippen molar-refractivity contribution in [1.82, 2.24) is 5.32 Å². The van der Waals surface area contributed by atoms with E-state index in [0.717, 1.165) is 5.56 Å². The van der Waals surface area contributed by atoms with Gasteiger partial charge in [-0.3, -0.25) is 0 Å². The van der Waals surface area contributed by atoms with Gasteiger partial charge in [-0.2, -0.15) is 0 Å². The summed E-state index contributed by atoms with van der Waals surface area (Å²) in [6, 6.07) is 9.38. The third kappa shape index (κ3) is 3.10. The van der Waals surface area contributed by atoms with Gasteiger partial charge in [0.1, 0.15) is 5.82 Å². The van der Waals surface area contributed by atoms with Gasteiger partial charge in [0.05, 0.1) is 5.02 Å². The van der Waals surface area contributed by atoms with Crippen molar-refractivity contribution in [3.8, 4) is 0 Å². The molecule has 2 rings (SSSR count). The summed E-state index contributed by atoms with van der Waals surface area (Å²) in [5, 5.41) is 5.71. The molecule has 1 aromatic heterocycles. The van der Waals surface area contributed by atoms with Crippen molar-refractivity contribution >= 4 is 22.9 Å². The minimum atomic E-state index is -0.376. The van der Waals surface area contributed by atoms with Crippen LogP contribution in [0.2, 0.25) is 5.02 Å². The molecule has 0 aliphatic carbocycles. The second-order valence-corrected chi connectivity index (χ2v) is 5.69. The second kappa shape index (κ2) is 5.83. The third-order valence-corrected chi connectivity index (χ3v) is 4.26. The Hall–Kier alpha value is -0.900. The molecular formula is C14H15ClFNS. The standard InChI is InChI=1S/C14H15ClFNS/c1-9(11-5-6-13(16)12(15)8-11)17-10(2)14-4-3-7-18-14/h3-10,17H,1-2H3. The van der Waals surface area contributed by atoms with Gasteiger partial charge < -0.3 is 5.32 Å². The minimum Gasteiger partial charge on any atom is -0.303 e. The number of thiophene rings is 1. The predicted molar refractivity (Wildman–Crippen MR) is 75.7 cm³/mol. The van der Waals surface area contributed by atoms with Crippen molar-refractivity contribution in [3.63, 3.8) is 0 Å². The number of hydrogen-bond donors (Lipinski definition) is 1. The number of hydrogen-bond acceptors (Lipinski definition) is 2. The summed E-state index contributed by atoms with van der Waals surface area (Å²) >= 11 is 7.52. The fraction of sp³-hybridized carbons (Fsp3) is 0.286. The molecule has 0 radical (unpaired) electrons. The topological polar surface area (TPSA) is 12.0 Å². The molecule has 0 aliphatic rings. The second-order valence-electron chi connectivity index (χ2n) is 4.30. The molecule has 1 N–H and O–H groups in total. The highest BCUT2D eigenvalue weighted by atomic mass is 35.5. The lowest BCUT2D eigenvalue weighted by Gasteiger charge is -2.19. The number of benzene rings is 1. The first-order chi connectivity index (χ1) is 8.58. The normalized spacial score (nSPS) is 14.4. The van der Waals surface area contributed by atoms with Crippen LogP contribution in [-0.2, 0) is 0 Å². The van der Waals surface area contributed by atoms with Crippen LogP contribution in [0.4, 0.5) is 4.39 Å². The lowest BCUT2D eigenvalue weighted by molar-refractivity contribution is 0.499. The Kier molecular flexibility index (Phi) is 4.38. The Bertz CT molecular complexity index is 513. The summed E-state index contributed by atoms with van der Waals surface area (Å²) in [5.41, 5.74) is 0.991. The Labute approximate surface area is 116 Å². The van der Waals surface area contributed by atoms with Crippen LogP contribution in [0, 0.1) is 5.82 Å². The average Bonchev–Trinajstić information content (AvgIpc) is 2.86. The summed E-state index contributed by atoms with van der Waals surface area (Å²) in [4.78, 5) is 1.29. The van der Waals surface area contributed by atoms with E-state index in [9.17, 15) is 4.39 Å². The van der Waals surface area contributed by atoms with Crippen LogP contribution < -0.4 is 5.32 Å². The first kappa shape index (κ1) is 13.5. The minimum absolute atomic E-state index is 0.125. The van der Waals surface area contributed by atoms with Crippen LogP contribution in [0.15, 0.2) is 35.7 Å². The maximum absolute atomic E-state index is 13.1. The molecule has 0 amide bonds. The largest absolute Gasteiger partial charge is 0.303 e. The van der Waals surface area contributed by atoms with Gasteiger partial charge in [-0.25, -0.2) is 4.39 Å². The number of rotatable bonds is 4. The molecule has 0 spiro atoms. The fourth-order valence-corrected chi connectivity index (χ4v) is 2.81. The molecule has 1 nitrogen and oxygen atoms in total. The molecule has 2 atom stereocenters. The van der Waals surface area contributed by atoms with Crippen LogP contribution in [0.3, 0.4) is 0 Å². The summed E-state index contributed by atoms with van der Waals surface area (Å²) in [7, 11) is 0. The summed E-state index contributed by atoms with van der Waals surface area (Å²) in [5.74, 6) is -0.376. The van der Waals surface area contributed by atoms with Crippen molar-refractivity contribution in [2.24, 2.45) is 0 Å². The quantitative estimate of drug-likeness (QED) is 0.837.